The minimum atomic E-state index is -0.115. The highest BCUT2D eigenvalue weighted by Crippen LogP contribution is 2.12. The van der Waals surface area contributed by atoms with Crippen molar-refractivity contribution in [3.05, 3.63) is 35.9 Å². The predicted molar refractivity (Wildman–Crippen MR) is 71.7 cm³/mol. The summed E-state index contributed by atoms with van der Waals surface area (Å²) in [6.45, 7) is 7.50. The average Bonchev–Trinajstić information content (AvgIpc) is 3.07. The van der Waals surface area contributed by atoms with Gasteiger partial charge < -0.3 is 5.32 Å². The van der Waals surface area contributed by atoms with Gasteiger partial charge in [-0.15, -0.1) is 0 Å². The first-order chi connectivity index (χ1) is 9.15. The smallest absolute Gasteiger partial charge is 0.254 e. The van der Waals surface area contributed by atoms with Crippen LogP contribution in [0.4, 0.5) is 0 Å². The Morgan fingerprint density at radius 3 is 2.79 bits per heavy atom. The van der Waals surface area contributed by atoms with Crippen molar-refractivity contribution >= 4 is 5.91 Å². The van der Waals surface area contributed by atoms with Crippen molar-refractivity contribution in [3.8, 4) is 0 Å². The predicted octanol–water partition coefficient (Wildman–Crippen LogP) is 1.61. The van der Waals surface area contributed by atoms with E-state index in [1.807, 2.05) is 31.5 Å². The molecule has 0 aromatic carbocycles. The fraction of sp³-hybridized carbons (Fsp3) is 0.462. The van der Waals surface area contributed by atoms with E-state index in [4.69, 9.17) is 0 Å². The third-order valence-corrected chi connectivity index (χ3v) is 3.06. The average molecular weight is 261 g/mol. The molecule has 2 heterocycles. The molecule has 0 aliphatic rings. The number of hydrogen-bond donors (Lipinski definition) is 1. The van der Waals surface area contributed by atoms with Gasteiger partial charge in [-0.3, -0.25) is 14.2 Å². The Morgan fingerprint density at radius 2 is 2.16 bits per heavy atom. The molecule has 2 aromatic rings. The normalized spacial score (nSPS) is 12.4. The molecular formula is C13H19N5O. The molecule has 0 fully saturated rings. The molecule has 0 bridgehead atoms. The number of hydrogen-bond acceptors (Lipinski definition) is 3. The second-order valence-corrected chi connectivity index (χ2v) is 4.35. The summed E-state index contributed by atoms with van der Waals surface area (Å²) in [5.41, 5.74) is 1.58. The van der Waals surface area contributed by atoms with Crippen molar-refractivity contribution in [2.45, 2.75) is 39.9 Å². The molecule has 0 saturated carbocycles. The second-order valence-electron chi connectivity index (χ2n) is 4.35. The van der Waals surface area contributed by atoms with Gasteiger partial charge in [0.25, 0.3) is 5.91 Å². The number of carbonyl (C=O) groups is 1. The van der Waals surface area contributed by atoms with Crippen molar-refractivity contribution in [2.24, 2.45) is 0 Å². The van der Waals surface area contributed by atoms with Gasteiger partial charge in [-0.05, 0) is 26.8 Å². The Balaban J connectivity index is 2.06. The number of carbonyl (C=O) groups excluding carboxylic acids is 1. The van der Waals surface area contributed by atoms with Gasteiger partial charge in [-0.2, -0.15) is 10.2 Å². The van der Waals surface area contributed by atoms with Crippen LogP contribution in [0.5, 0.6) is 0 Å². The van der Waals surface area contributed by atoms with E-state index in [-0.39, 0.29) is 11.9 Å². The Hall–Kier alpha value is -2.11. The van der Waals surface area contributed by atoms with E-state index in [1.165, 1.54) is 0 Å². The maximum atomic E-state index is 12.1. The largest absolute Gasteiger partial charge is 0.344 e. The molecule has 1 N–H and O–H groups in total. The van der Waals surface area contributed by atoms with Gasteiger partial charge in [-0.1, -0.05) is 0 Å². The van der Waals surface area contributed by atoms with Crippen LogP contribution in [-0.2, 0) is 13.1 Å². The summed E-state index contributed by atoms with van der Waals surface area (Å²) in [5.74, 6) is -0.115. The first kappa shape index (κ1) is 13.3. The van der Waals surface area contributed by atoms with Crippen molar-refractivity contribution < 1.29 is 4.79 Å². The molecule has 1 amide bonds. The Labute approximate surface area is 112 Å². The summed E-state index contributed by atoms with van der Waals surface area (Å²) in [7, 11) is 0. The summed E-state index contributed by atoms with van der Waals surface area (Å²) in [6.07, 6.45) is 5.08. The molecule has 0 radical (unpaired) electrons. The van der Waals surface area contributed by atoms with Crippen LogP contribution in [0, 0.1) is 0 Å². The molecule has 1 atom stereocenters. The van der Waals surface area contributed by atoms with Crippen molar-refractivity contribution in [2.75, 3.05) is 0 Å². The molecule has 19 heavy (non-hydrogen) atoms. The Bertz CT molecular complexity index is 557. The van der Waals surface area contributed by atoms with Crippen molar-refractivity contribution in [3.63, 3.8) is 0 Å². The van der Waals surface area contributed by atoms with E-state index in [0.29, 0.717) is 5.56 Å². The number of amides is 1. The molecule has 2 rings (SSSR count). The fourth-order valence-electron chi connectivity index (χ4n) is 1.98. The zero-order valence-corrected chi connectivity index (χ0v) is 11.5. The fourth-order valence-corrected chi connectivity index (χ4v) is 1.98. The zero-order chi connectivity index (χ0) is 13.8. The first-order valence-electron chi connectivity index (χ1n) is 6.50. The van der Waals surface area contributed by atoms with E-state index in [9.17, 15) is 4.79 Å². The standard InChI is InChI=1S/C13H19N5O/c1-4-17-9-11(8-15-17)13(19)16-10(3)12-6-7-14-18(12)5-2/h6-10H,4-5H2,1-3H3,(H,16,19). The van der Waals surface area contributed by atoms with E-state index in [0.717, 1.165) is 18.8 Å². The molecule has 2 aromatic heterocycles. The van der Waals surface area contributed by atoms with E-state index in [2.05, 4.69) is 15.5 Å². The maximum Gasteiger partial charge on any atom is 0.254 e. The summed E-state index contributed by atoms with van der Waals surface area (Å²) < 4.78 is 3.61. The van der Waals surface area contributed by atoms with Crippen molar-refractivity contribution in [1.29, 1.82) is 0 Å². The highest BCUT2D eigenvalue weighted by Gasteiger charge is 2.15. The van der Waals surface area contributed by atoms with Crippen LogP contribution in [0.25, 0.3) is 0 Å². The van der Waals surface area contributed by atoms with Gasteiger partial charge in [-0.25, -0.2) is 0 Å². The number of aromatic nitrogens is 4. The van der Waals surface area contributed by atoms with Gasteiger partial charge in [0.05, 0.1) is 23.5 Å². The SMILES string of the molecule is CCn1cc(C(=O)NC(C)c2ccnn2CC)cn1. The van der Waals surface area contributed by atoms with Crippen molar-refractivity contribution in [1.82, 2.24) is 24.9 Å². The molecule has 1 unspecified atom stereocenters. The minimum absolute atomic E-state index is 0.0834. The highest BCUT2D eigenvalue weighted by molar-refractivity contribution is 5.93. The molecule has 0 spiro atoms. The second kappa shape index (κ2) is 5.69. The lowest BCUT2D eigenvalue weighted by Crippen LogP contribution is -2.28. The van der Waals surface area contributed by atoms with Crippen LogP contribution in [0.3, 0.4) is 0 Å². The maximum absolute atomic E-state index is 12.1. The third kappa shape index (κ3) is 2.83. The molecule has 102 valence electrons. The zero-order valence-electron chi connectivity index (χ0n) is 11.5. The van der Waals surface area contributed by atoms with Crippen LogP contribution < -0.4 is 5.32 Å². The molecule has 0 saturated heterocycles. The molecular weight excluding hydrogens is 242 g/mol. The Morgan fingerprint density at radius 1 is 1.37 bits per heavy atom. The van der Waals surface area contributed by atoms with E-state index < -0.39 is 0 Å². The quantitative estimate of drug-likeness (QED) is 0.889. The van der Waals surface area contributed by atoms with Gasteiger partial charge in [0, 0.05) is 25.5 Å². The van der Waals surface area contributed by atoms with Gasteiger partial charge >= 0.3 is 0 Å². The van der Waals surface area contributed by atoms with Crippen LogP contribution in [-0.4, -0.2) is 25.5 Å². The van der Waals surface area contributed by atoms with Gasteiger partial charge in [0.1, 0.15) is 0 Å². The number of aryl methyl sites for hydroxylation is 2. The van der Waals surface area contributed by atoms with E-state index in [1.54, 1.807) is 23.3 Å². The number of nitrogens with zero attached hydrogens (tertiary/aromatic N) is 4. The van der Waals surface area contributed by atoms with Gasteiger partial charge in [0.15, 0.2) is 0 Å². The highest BCUT2D eigenvalue weighted by atomic mass is 16.1. The lowest BCUT2D eigenvalue weighted by atomic mass is 10.2. The summed E-state index contributed by atoms with van der Waals surface area (Å²) in [5, 5.41) is 11.3. The molecule has 0 aliphatic heterocycles. The lowest BCUT2D eigenvalue weighted by molar-refractivity contribution is 0.0938. The van der Waals surface area contributed by atoms with Crippen LogP contribution in [0.2, 0.25) is 0 Å². The number of nitrogens with one attached hydrogen (secondary N) is 1. The summed E-state index contributed by atoms with van der Waals surface area (Å²) in [4.78, 5) is 12.1. The molecule has 0 aliphatic carbocycles. The summed E-state index contributed by atoms with van der Waals surface area (Å²) in [6, 6.07) is 1.84. The van der Waals surface area contributed by atoms with E-state index >= 15 is 0 Å². The lowest BCUT2D eigenvalue weighted by Gasteiger charge is -2.14. The summed E-state index contributed by atoms with van der Waals surface area (Å²) >= 11 is 0. The number of rotatable bonds is 5. The topological polar surface area (TPSA) is 64.7 Å². The first-order valence-corrected chi connectivity index (χ1v) is 6.50. The monoisotopic (exact) mass is 261 g/mol. The third-order valence-electron chi connectivity index (χ3n) is 3.06. The molecule has 6 nitrogen and oxygen atoms in total. The van der Waals surface area contributed by atoms with Crippen LogP contribution >= 0.6 is 0 Å². The van der Waals surface area contributed by atoms with Crippen LogP contribution in [0.1, 0.15) is 42.9 Å². The van der Waals surface area contributed by atoms with Gasteiger partial charge in [0.2, 0.25) is 0 Å². The molecule has 6 heteroatoms. The van der Waals surface area contributed by atoms with Crippen LogP contribution in [0.15, 0.2) is 24.7 Å². The Kier molecular flexibility index (Phi) is 3.99. The minimum Gasteiger partial charge on any atom is -0.344 e.